The molecular formula is C94H114Cl3F2N9O24. The number of rotatable bonds is 27. The number of hydrogen-bond donors (Lipinski definition) is 6. The van der Waals surface area contributed by atoms with Crippen molar-refractivity contribution in [1.29, 1.82) is 0 Å². The van der Waals surface area contributed by atoms with Crippen LogP contribution in [0, 0.1) is 41.2 Å². The summed E-state index contributed by atoms with van der Waals surface area (Å²) in [5.74, 6) is -5.96. The molecule has 7 N–H and O–H groups in total. The summed E-state index contributed by atoms with van der Waals surface area (Å²) in [6, 6.07) is 30.4. The molecule has 7 aliphatic rings. The van der Waals surface area contributed by atoms with Gasteiger partial charge in [-0.25, -0.2) is 63.6 Å². The summed E-state index contributed by atoms with van der Waals surface area (Å²) in [4.78, 5) is 192. The Labute approximate surface area is 779 Å². The number of carboxylic acids is 1. The number of nitrogens with one attached hydrogen (secondary N) is 4. The highest BCUT2D eigenvalue weighted by Gasteiger charge is 2.43. The molecule has 0 bridgehead atoms. The van der Waals surface area contributed by atoms with Gasteiger partial charge in [0.05, 0.1) is 34.4 Å². The fraction of sp³-hybridized carbons (Fsp3) is 0.468. The van der Waals surface area contributed by atoms with E-state index in [4.69, 9.17) is 69.3 Å². The van der Waals surface area contributed by atoms with Crippen LogP contribution in [0.3, 0.4) is 0 Å². The quantitative estimate of drug-likeness (QED) is 0.0123. The lowest BCUT2D eigenvalue weighted by atomic mass is 9.94. The number of hydrazine groups is 3. The highest BCUT2D eigenvalue weighted by atomic mass is 35.5. The summed E-state index contributed by atoms with van der Waals surface area (Å²) < 4.78 is 62.1. The van der Waals surface area contributed by atoms with E-state index in [2.05, 4.69) is 31.0 Å². The molecule has 3 aliphatic heterocycles. The van der Waals surface area contributed by atoms with Crippen molar-refractivity contribution in [3.63, 3.8) is 0 Å². The van der Waals surface area contributed by atoms with Crippen LogP contribution < -0.4 is 27.2 Å². The van der Waals surface area contributed by atoms with Crippen LogP contribution in [0.1, 0.15) is 176 Å². The fourth-order valence-corrected chi connectivity index (χ4v) is 15.8. The Hall–Kier alpha value is -11.9. The zero-order valence-corrected chi connectivity index (χ0v) is 76.4. The third-order valence-corrected chi connectivity index (χ3v) is 23.2. The summed E-state index contributed by atoms with van der Waals surface area (Å²) in [6.45, 7) is 3.00. The predicted octanol–water partition coefficient (Wildman–Crippen LogP) is 12.6. The van der Waals surface area contributed by atoms with Crippen LogP contribution in [-0.2, 0) is 115 Å². The van der Waals surface area contributed by atoms with E-state index >= 15 is 0 Å². The standard InChI is InChI=1S/C31H33ClFN3O7.C22H29N3O6.C13H16N2O4.C10H16O3.C9H5Cl2FO.C9H15NO3/c1-42-30(40)25(17-22-9-5-11-27(22)37)34-29(39)26-10-6-16-35(31(41)43-19-20-7-3-2-4-8-20)36(26)28(38)15-13-21-12-14-23(32)18-24(21)33;1-30-21(28)18(13-16-9-5-11-19(16)26)23-20(27)17-10-6-12-25(24-17)22(29)31-14-15-7-3-2-4-8-15;16-12(17)11-7-4-8-15(14-11)13(18)19-9-10-5-2-1-3-6-10;1-7(10(12)13-2)6-8-4-3-5-9(8)11;10-7-3-1-6(8(12)5-7)2-4-9(11)13;1-13-9(12)7(10)5-6-3-2-4-8(6)11/h2-4,7-8,12-15,18,22,25-26H,5-6,9-11,16-17,19H2,1H3,(H,34,39);2-4,7-8,16-18,24H,5-6,9-14H2,1H3,(H,23,27);1-3,5-6,11,14H,4,7-9H2,(H,16,17);7-8H,3-6H2,1-2H3;1-5H;6-7H,2-5,10H2,1H3/b15-13+;;;;4-2+;/t22-,25-,26-;16-,17-,18-;11-;7-,8-;;6-,7-/m0000.0/s1. The minimum absolute atomic E-state index is 0.0181. The first-order valence-corrected chi connectivity index (χ1v) is 44.6. The van der Waals surface area contributed by atoms with Gasteiger partial charge in [0.15, 0.2) is 0 Å². The number of carboxylic acid groups (broad SMARTS) is 1. The topological polar surface area (TPSA) is 445 Å². The number of esters is 4. The molecule has 4 aliphatic carbocycles. The van der Waals surface area contributed by atoms with Crippen LogP contribution in [0.5, 0.6) is 0 Å². The maximum Gasteiger partial charge on any atom is 0.429 e. The van der Waals surface area contributed by atoms with E-state index in [1.807, 2.05) is 73.7 Å². The number of hydrogen-bond acceptors (Lipinski definition) is 26. The zero-order valence-electron chi connectivity index (χ0n) is 74.2. The number of allylic oxidation sites excluding steroid dienone is 1. The number of aliphatic carboxylic acids is 1. The number of methoxy groups -OCH3 is 4. The molecular weight excluding hydrogens is 1780 g/mol. The smallest absolute Gasteiger partial charge is 0.429 e. The lowest BCUT2D eigenvalue weighted by Crippen LogP contribution is -2.62. The minimum atomic E-state index is -1.21. The number of amides is 6. The summed E-state index contributed by atoms with van der Waals surface area (Å²) in [7, 11) is 5.12. The van der Waals surface area contributed by atoms with Crippen molar-refractivity contribution in [3.8, 4) is 0 Å². The van der Waals surface area contributed by atoms with Gasteiger partial charge < -0.3 is 54.6 Å². The average Bonchev–Trinajstić information content (AvgIpc) is 0.998. The summed E-state index contributed by atoms with van der Waals surface area (Å²) >= 11 is 16.4. The molecule has 12 rings (SSSR count). The molecule has 0 spiro atoms. The Kier molecular flexibility index (Phi) is 45.5. The minimum Gasteiger partial charge on any atom is -0.480 e. The van der Waals surface area contributed by atoms with Crippen molar-refractivity contribution in [2.75, 3.05) is 48.1 Å². The third-order valence-electron chi connectivity index (χ3n) is 22.6. The van der Waals surface area contributed by atoms with Crippen LogP contribution >= 0.6 is 34.8 Å². The molecule has 3 saturated heterocycles. The zero-order chi connectivity index (χ0) is 96.3. The molecule has 33 nitrogen and oxygen atoms in total. The Balaban J connectivity index is 0.000000233. The van der Waals surface area contributed by atoms with Gasteiger partial charge in [0.1, 0.15) is 90.8 Å². The van der Waals surface area contributed by atoms with E-state index in [-0.39, 0.29) is 109 Å². The molecule has 4 saturated carbocycles. The maximum absolute atomic E-state index is 14.4. The number of Topliss-reactive ketones (excluding diaryl/α,β-unsaturated/α-hetero) is 4. The molecule has 0 aromatic heterocycles. The van der Waals surface area contributed by atoms with Gasteiger partial charge in [-0.15, -0.1) is 0 Å². The molecule has 11 atom stereocenters. The highest BCUT2D eigenvalue weighted by Crippen LogP contribution is 2.32. The van der Waals surface area contributed by atoms with Crippen LogP contribution in [-0.4, -0.2) is 204 Å². The second-order valence-corrected chi connectivity index (χ2v) is 33.3. The van der Waals surface area contributed by atoms with Gasteiger partial charge in [0.25, 0.3) is 5.91 Å². The number of ether oxygens (including phenoxy) is 7. The number of halogens is 5. The molecule has 5 aromatic rings. The van der Waals surface area contributed by atoms with Gasteiger partial charge in [0.2, 0.25) is 17.1 Å². The van der Waals surface area contributed by atoms with Crippen molar-refractivity contribution in [2.45, 2.75) is 204 Å². The molecule has 0 radical (unpaired) electrons. The maximum atomic E-state index is 14.4. The summed E-state index contributed by atoms with van der Waals surface area (Å²) in [5, 5.41) is 18.6. The second kappa shape index (κ2) is 56.1. The fourth-order valence-electron chi connectivity index (χ4n) is 15.4. The molecule has 3 heterocycles. The van der Waals surface area contributed by atoms with Crippen LogP contribution in [0.2, 0.25) is 10.0 Å². The summed E-state index contributed by atoms with van der Waals surface area (Å²) in [6.07, 6.45) is 15.6. The van der Waals surface area contributed by atoms with Gasteiger partial charge in [0, 0.05) is 96.2 Å². The molecule has 7 fully saturated rings. The van der Waals surface area contributed by atoms with Crippen LogP contribution in [0.25, 0.3) is 12.2 Å². The number of carbonyl (C=O) groups excluding carboxylic acids is 15. The van der Waals surface area contributed by atoms with Crippen molar-refractivity contribution in [3.05, 3.63) is 189 Å². The Bertz CT molecular complexity index is 4780. The average molecular weight is 1900 g/mol. The lowest BCUT2D eigenvalue weighted by Gasteiger charge is -2.42. The molecule has 38 heteroatoms. The van der Waals surface area contributed by atoms with Crippen LogP contribution in [0.4, 0.5) is 23.2 Å². The third kappa shape index (κ3) is 35.7. The summed E-state index contributed by atoms with van der Waals surface area (Å²) in [5.41, 5.74) is 13.9. The van der Waals surface area contributed by atoms with Gasteiger partial charge >= 0.3 is 48.1 Å². The van der Waals surface area contributed by atoms with E-state index in [9.17, 15) is 85.5 Å². The van der Waals surface area contributed by atoms with E-state index in [1.165, 1.54) is 80.9 Å². The van der Waals surface area contributed by atoms with Crippen molar-refractivity contribution in [2.24, 2.45) is 35.3 Å². The molecule has 0 unspecified atom stereocenters. The van der Waals surface area contributed by atoms with E-state index in [0.717, 1.165) is 77.0 Å². The van der Waals surface area contributed by atoms with Gasteiger partial charge in [-0.05, 0) is 186 Å². The molecule has 5 aromatic carbocycles. The lowest BCUT2D eigenvalue weighted by molar-refractivity contribution is -0.160. The second-order valence-electron chi connectivity index (χ2n) is 32.1. The first-order chi connectivity index (χ1) is 63.2. The van der Waals surface area contributed by atoms with Gasteiger partial charge in [-0.1, -0.05) is 133 Å². The molecule has 6 amide bonds. The number of nitrogens with two attached hydrogens (primary N) is 1. The SMILES string of the molecule is COC(=O)[C@@H](C)C[C@@H]1CCCC1=O.COC(=O)[C@@H](N)C[C@@H]1CCCC1=O.COC(=O)[C@H](C[C@@H]1CCCC1=O)NC(=O)[C@@H]1CCCN(C(=O)OCc2ccccc2)N1.COC(=O)[C@H](C[C@@H]1CCCC1=O)NC(=O)[C@@H]1CCCN(C(=O)OCc2ccccc2)N1C(=O)/C=C/c1ccc(Cl)cc1F.O=C(Cl)/C=C/c1ccc(Cl)cc1F.O=C(O)[C@@H]1CCCN(C(=O)OCc2ccccc2)N1. The van der Waals surface area contributed by atoms with Crippen LogP contribution in [0.15, 0.2) is 140 Å². The first-order valence-electron chi connectivity index (χ1n) is 43.5. The van der Waals surface area contributed by atoms with E-state index in [1.54, 1.807) is 24.3 Å². The Morgan fingerprint density at radius 2 is 0.848 bits per heavy atom. The van der Waals surface area contributed by atoms with Gasteiger partial charge in [-0.2, -0.15) is 0 Å². The Morgan fingerprint density at radius 1 is 0.470 bits per heavy atom. The molecule has 132 heavy (non-hydrogen) atoms. The highest BCUT2D eigenvalue weighted by molar-refractivity contribution is 6.66. The number of benzene rings is 5. The van der Waals surface area contributed by atoms with Crippen molar-refractivity contribution in [1.82, 2.24) is 41.5 Å². The van der Waals surface area contributed by atoms with Crippen molar-refractivity contribution < 1.29 is 124 Å². The van der Waals surface area contributed by atoms with E-state index in [0.29, 0.717) is 114 Å². The number of ketones is 4. The Morgan fingerprint density at radius 3 is 1.24 bits per heavy atom. The largest absolute Gasteiger partial charge is 0.480 e. The van der Waals surface area contributed by atoms with E-state index < -0.39 is 119 Å². The normalized spacial score (nSPS) is 20.0. The number of nitrogens with zero attached hydrogens (tertiary/aromatic N) is 4. The predicted molar refractivity (Wildman–Crippen MR) is 478 cm³/mol. The van der Waals surface area contributed by atoms with Gasteiger partial charge in [-0.3, -0.25) is 52.7 Å². The monoisotopic (exact) mass is 1900 g/mol. The molecule has 714 valence electrons. The first kappa shape index (κ1) is 107. The van der Waals surface area contributed by atoms with Crippen molar-refractivity contribution >= 4 is 141 Å². The number of carbonyl (C=O) groups is 16.